The van der Waals surface area contributed by atoms with E-state index >= 15 is 0 Å². The Balaban J connectivity index is 1.85. The lowest BCUT2D eigenvalue weighted by Gasteiger charge is -2.28. The molecule has 2 fully saturated rings. The molecule has 1 aliphatic carbocycles. The summed E-state index contributed by atoms with van der Waals surface area (Å²) in [6.45, 7) is 6.09. The minimum atomic E-state index is -3.11. The average Bonchev–Trinajstić information content (AvgIpc) is 2.83. The smallest absolute Gasteiger partial charge is 0.227 e. The van der Waals surface area contributed by atoms with Gasteiger partial charge in [0.25, 0.3) is 0 Å². The minimum absolute atomic E-state index is 0.00233. The second kappa shape index (κ2) is 6.88. The van der Waals surface area contributed by atoms with Crippen molar-refractivity contribution in [2.75, 3.05) is 11.5 Å². The number of allylic oxidation sites excluding steroid dienone is 1. The van der Waals surface area contributed by atoms with Gasteiger partial charge in [-0.15, -0.1) is 0 Å². The molecule has 2 aliphatic rings. The van der Waals surface area contributed by atoms with Gasteiger partial charge in [0.1, 0.15) is 16.0 Å². The summed E-state index contributed by atoms with van der Waals surface area (Å²) in [5, 5.41) is 0. The highest BCUT2D eigenvalue weighted by atomic mass is 35.5. The maximum absolute atomic E-state index is 13.3. The van der Waals surface area contributed by atoms with Gasteiger partial charge >= 0.3 is 0 Å². The Hall–Kier alpha value is -0.980. The van der Waals surface area contributed by atoms with Crippen LogP contribution < -0.4 is 0 Å². The molecule has 0 radical (unpaired) electrons. The summed E-state index contributed by atoms with van der Waals surface area (Å²) in [5.41, 5.74) is -0.263. The zero-order chi connectivity index (χ0) is 19.3. The van der Waals surface area contributed by atoms with Gasteiger partial charge in [-0.25, -0.2) is 8.42 Å². The fourth-order valence-corrected chi connectivity index (χ4v) is 5.92. The second-order valence-electron chi connectivity index (χ2n) is 7.82. The van der Waals surface area contributed by atoms with Crippen LogP contribution in [0.15, 0.2) is 27.1 Å². The Morgan fingerprint density at radius 2 is 2.08 bits per heavy atom. The van der Waals surface area contributed by atoms with Crippen LogP contribution in [-0.4, -0.2) is 36.8 Å². The number of carbonyl (C=O) groups excluding carboxylic acids is 1. The van der Waals surface area contributed by atoms with Crippen molar-refractivity contribution in [3.8, 4) is 0 Å². The van der Waals surface area contributed by atoms with E-state index in [-0.39, 0.29) is 51.7 Å². The SMILES string of the molecule is Cc1ccc(CN(C(=O)[C@@H]2[C@@H](C=C(Cl)Cl)C2(C)C)[C@H]2CCS(=O)(=O)C2)o1. The summed E-state index contributed by atoms with van der Waals surface area (Å²) < 4.78 is 29.7. The molecular weight excluding hydrogens is 397 g/mol. The molecule has 1 saturated heterocycles. The highest BCUT2D eigenvalue weighted by molar-refractivity contribution is 7.91. The first-order valence-corrected chi connectivity index (χ1v) is 11.2. The van der Waals surface area contributed by atoms with Gasteiger partial charge in [0.05, 0.1) is 24.0 Å². The summed E-state index contributed by atoms with van der Waals surface area (Å²) in [6, 6.07) is 3.33. The van der Waals surface area contributed by atoms with E-state index in [9.17, 15) is 13.2 Å². The first kappa shape index (κ1) is 19.8. The Bertz CT molecular complexity index is 839. The minimum Gasteiger partial charge on any atom is -0.464 e. The van der Waals surface area contributed by atoms with Crippen LogP contribution in [0.4, 0.5) is 0 Å². The molecule has 2 heterocycles. The van der Waals surface area contributed by atoms with Crippen molar-refractivity contribution < 1.29 is 17.6 Å². The van der Waals surface area contributed by atoms with E-state index in [0.29, 0.717) is 12.2 Å². The Kier molecular flexibility index (Phi) is 5.23. The molecule has 1 saturated carbocycles. The van der Waals surface area contributed by atoms with Crippen LogP contribution in [0.2, 0.25) is 0 Å². The molecule has 8 heteroatoms. The Morgan fingerprint density at radius 1 is 1.38 bits per heavy atom. The molecule has 5 nitrogen and oxygen atoms in total. The van der Waals surface area contributed by atoms with E-state index in [4.69, 9.17) is 27.6 Å². The molecule has 0 unspecified atom stereocenters. The molecular formula is C18H23Cl2NO4S. The largest absolute Gasteiger partial charge is 0.464 e. The Labute approximate surface area is 164 Å². The third-order valence-electron chi connectivity index (χ3n) is 5.54. The third-order valence-corrected chi connectivity index (χ3v) is 7.54. The monoisotopic (exact) mass is 419 g/mol. The number of hydrogen-bond donors (Lipinski definition) is 0. The quantitative estimate of drug-likeness (QED) is 0.729. The lowest BCUT2D eigenvalue weighted by molar-refractivity contribution is -0.136. The van der Waals surface area contributed by atoms with Crippen LogP contribution in [-0.2, 0) is 21.2 Å². The van der Waals surface area contributed by atoms with Gasteiger partial charge in [0.2, 0.25) is 5.91 Å². The molecule has 1 aromatic rings. The van der Waals surface area contributed by atoms with Crippen LogP contribution in [0, 0.1) is 24.2 Å². The van der Waals surface area contributed by atoms with Gasteiger partial charge in [-0.3, -0.25) is 4.79 Å². The maximum Gasteiger partial charge on any atom is 0.227 e. The van der Waals surface area contributed by atoms with E-state index < -0.39 is 9.84 Å². The van der Waals surface area contributed by atoms with Gasteiger partial charge in [0.15, 0.2) is 9.84 Å². The molecule has 1 aromatic heterocycles. The first-order chi connectivity index (χ1) is 12.0. The lowest BCUT2D eigenvalue weighted by Crippen LogP contribution is -2.42. The number of sulfone groups is 1. The summed E-state index contributed by atoms with van der Waals surface area (Å²) in [4.78, 5) is 15.0. The summed E-state index contributed by atoms with van der Waals surface area (Å²) >= 11 is 11.6. The third kappa shape index (κ3) is 3.97. The fraction of sp³-hybridized carbons (Fsp3) is 0.611. The molecule has 3 rings (SSSR count). The van der Waals surface area contributed by atoms with Gasteiger partial charge in [-0.05, 0) is 42.9 Å². The van der Waals surface area contributed by atoms with Crippen LogP contribution in [0.3, 0.4) is 0 Å². The van der Waals surface area contributed by atoms with Crippen molar-refractivity contribution in [1.82, 2.24) is 4.90 Å². The molecule has 0 aromatic carbocycles. The number of amides is 1. The molecule has 144 valence electrons. The van der Waals surface area contributed by atoms with E-state index in [0.717, 1.165) is 5.76 Å². The van der Waals surface area contributed by atoms with Gasteiger partial charge < -0.3 is 9.32 Å². The summed E-state index contributed by atoms with van der Waals surface area (Å²) in [7, 11) is -3.11. The van der Waals surface area contributed by atoms with Crippen molar-refractivity contribution in [2.24, 2.45) is 17.3 Å². The topological polar surface area (TPSA) is 67.6 Å². The number of hydrogen-bond acceptors (Lipinski definition) is 4. The maximum atomic E-state index is 13.3. The standard InChI is InChI=1S/C18H23Cl2NO4S/c1-11-4-5-13(25-11)9-21(12-6-7-26(23,24)10-12)17(22)16-14(8-15(19)20)18(16,2)3/h4-5,8,12,14,16H,6-7,9-10H2,1-3H3/t12-,14+,16-/m0/s1. The van der Waals surface area contributed by atoms with Crippen LogP contribution in [0.25, 0.3) is 0 Å². The van der Waals surface area contributed by atoms with E-state index in [1.165, 1.54) is 0 Å². The zero-order valence-corrected chi connectivity index (χ0v) is 17.4. The van der Waals surface area contributed by atoms with Crippen molar-refractivity contribution in [3.05, 3.63) is 34.2 Å². The summed E-state index contributed by atoms with van der Waals surface area (Å²) in [5.74, 6) is 1.13. The molecule has 26 heavy (non-hydrogen) atoms. The second-order valence-corrected chi connectivity index (χ2v) is 11.1. The fourth-order valence-electron chi connectivity index (χ4n) is 3.92. The van der Waals surface area contributed by atoms with Crippen molar-refractivity contribution in [2.45, 2.75) is 39.8 Å². The normalized spacial score (nSPS) is 28.6. The average molecular weight is 420 g/mol. The van der Waals surface area contributed by atoms with Crippen molar-refractivity contribution in [1.29, 1.82) is 0 Å². The predicted octanol–water partition coefficient (Wildman–Crippen LogP) is 3.69. The number of rotatable bonds is 5. The van der Waals surface area contributed by atoms with E-state index in [1.54, 1.807) is 11.0 Å². The molecule has 3 atom stereocenters. The highest BCUT2D eigenvalue weighted by Crippen LogP contribution is 2.60. The van der Waals surface area contributed by atoms with E-state index in [1.807, 2.05) is 32.9 Å². The first-order valence-electron chi connectivity index (χ1n) is 8.60. The van der Waals surface area contributed by atoms with Crippen molar-refractivity contribution in [3.63, 3.8) is 0 Å². The van der Waals surface area contributed by atoms with Crippen molar-refractivity contribution >= 4 is 38.9 Å². The number of carbonyl (C=O) groups is 1. The van der Waals surface area contributed by atoms with Gasteiger partial charge in [0, 0.05) is 6.04 Å². The number of halogens is 2. The highest BCUT2D eigenvalue weighted by Gasteiger charge is 2.62. The van der Waals surface area contributed by atoms with Crippen LogP contribution >= 0.6 is 23.2 Å². The lowest BCUT2D eigenvalue weighted by atomic mass is 10.1. The summed E-state index contributed by atoms with van der Waals surface area (Å²) in [6.07, 6.45) is 2.16. The van der Waals surface area contributed by atoms with Crippen LogP contribution in [0.1, 0.15) is 31.8 Å². The molecule has 0 N–H and O–H groups in total. The number of furan rings is 1. The molecule has 0 bridgehead atoms. The number of aryl methyl sites for hydroxylation is 1. The predicted molar refractivity (Wildman–Crippen MR) is 102 cm³/mol. The Morgan fingerprint density at radius 3 is 2.58 bits per heavy atom. The molecule has 1 aliphatic heterocycles. The number of nitrogens with zero attached hydrogens (tertiary/aromatic N) is 1. The zero-order valence-electron chi connectivity index (χ0n) is 15.0. The van der Waals surface area contributed by atoms with Gasteiger partial charge in [-0.1, -0.05) is 37.0 Å². The van der Waals surface area contributed by atoms with Gasteiger partial charge in [-0.2, -0.15) is 0 Å². The molecule has 1 amide bonds. The van der Waals surface area contributed by atoms with Crippen LogP contribution in [0.5, 0.6) is 0 Å². The van der Waals surface area contributed by atoms with E-state index in [2.05, 4.69) is 0 Å². The molecule has 0 spiro atoms.